The van der Waals surface area contributed by atoms with Gasteiger partial charge in [-0.1, -0.05) is 37.1 Å². The van der Waals surface area contributed by atoms with Crippen molar-refractivity contribution in [3.05, 3.63) is 35.4 Å². The summed E-state index contributed by atoms with van der Waals surface area (Å²) in [6, 6.07) is 10.0. The van der Waals surface area contributed by atoms with E-state index in [2.05, 4.69) is 35.8 Å². The van der Waals surface area contributed by atoms with Gasteiger partial charge in [0.25, 0.3) is 0 Å². The maximum atomic E-state index is 6.26. The van der Waals surface area contributed by atoms with Gasteiger partial charge in [0, 0.05) is 23.4 Å². The van der Waals surface area contributed by atoms with E-state index in [9.17, 15) is 0 Å². The summed E-state index contributed by atoms with van der Waals surface area (Å²) in [5, 5.41) is 4.68. The lowest BCUT2D eigenvalue weighted by molar-refractivity contribution is 0.341. The number of thioether (sulfide) groups is 1. The third-order valence-corrected chi connectivity index (χ3v) is 5.85. The maximum Gasteiger partial charge on any atom is 0.0344 e. The highest BCUT2D eigenvalue weighted by Gasteiger charge is 2.32. The Morgan fingerprint density at radius 1 is 1.16 bits per heavy atom. The molecule has 0 aromatic heterocycles. The molecule has 0 saturated heterocycles. The van der Waals surface area contributed by atoms with E-state index < -0.39 is 0 Å². The zero-order chi connectivity index (χ0) is 13.2. The van der Waals surface area contributed by atoms with Crippen LogP contribution in [0, 0.1) is 0 Å². The Morgan fingerprint density at radius 3 is 2.68 bits per heavy atom. The second-order valence-electron chi connectivity index (χ2n) is 5.86. The zero-order valence-electron chi connectivity index (χ0n) is 11.6. The number of nitrogens with two attached hydrogens (primary N) is 1. The minimum atomic E-state index is 0.213. The quantitative estimate of drug-likeness (QED) is 0.888. The highest BCUT2D eigenvalue weighted by Crippen LogP contribution is 2.39. The molecule has 0 bridgehead atoms. The van der Waals surface area contributed by atoms with E-state index in [-0.39, 0.29) is 6.04 Å². The van der Waals surface area contributed by atoms with E-state index in [1.54, 1.807) is 0 Å². The number of hydrogen-bond donors (Lipinski definition) is 2. The molecule has 4 unspecified atom stereocenters. The van der Waals surface area contributed by atoms with Gasteiger partial charge in [0.1, 0.15) is 0 Å². The molecule has 2 aliphatic carbocycles. The Hall–Kier alpha value is -0.510. The highest BCUT2D eigenvalue weighted by molar-refractivity contribution is 7.99. The predicted octanol–water partition coefficient (Wildman–Crippen LogP) is 3.40. The van der Waals surface area contributed by atoms with Crippen molar-refractivity contribution in [3.8, 4) is 0 Å². The number of fused-ring (bicyclic) bond motifs is 1. The van der Waals surface area contributed by atoms with Gasteiger partial charge in [0.05, 0.1) is 0 Å². The van der Waals surface area contributed by atoms with Gasteiger partial charge in [-0.25, -0.2) is 0 Å². The standard InChI is InChI=1S/C16H24N2S/c1-19-16-9-5-4-8-14(16)18-15-10-13(17)11-6-2-3-7-12(11)15/h2-3,6-7,13-16,18H,4-5,8-10,17H2,1H3. The SMILES string of the molecule is CSC1CCCCC1NC1CC(N)c2ccccc21. The van der Waals surface area contributed by atoms with Crippen molar-refractivity contribution in [2.24, 2.45) is 5.73 Å². The first-order valence-electron chi connectivity index (χ1n) is 7.43. The van der Waals surface area contributed by atoms with Crippen LogP contribution >= 0.6 is 11.8 Å². The fourth-order valence-electron chi connectivity index (χ4n) is 3.66. The lowest BCUT2D eigenvalue weighted by atomic mass is 9.93. The van der Waals surface area contributed by atoms with Gasteiger partial charge < -0.3 is 11.1 Å². The van der Waals surface area contributed by atoms with E-state index in [0.717, 1.165) is 11.7 Å². The van der Waals surface area contributed by atoms with Gasteiger partial charge in [-0.3, -0.25) is 0 Å². The van der Waals surface area contributed by atoms with Crippen molar-refractivity contribution in [2.45, 2.75) is 55.5 Å². The monoisotopic (exact) mass is 276 g/mol. The molecule has 2 aliphatic rings. The van der Waals surface area contributed by atoms with Crippen molar-refractivity contribution in [1.29, 1.82) is 0 Å². The normalized spacial score (nSPS) is 34.2. The molecule has 1 aromatic rings. The molecule has 3 heteroatoms. The molecule has 104 valence electrons. The van der Waals surface area contributed by atoms with Crippen LogP contribution < -0.4 is 11.1 Å². The molecular weight excluding hydrogens is 252 g/mol. The Bertz CT molecular complexity index is 435. The highest BCUT2D eigenvalue weighted by atomic mass is 32.2. The van der Waals surface area contributed by atoms with Crippen LogP contribution in [-0.4, -0.2) is 17.5 Å². The second kappa shape index (κ2) is 5.86. The van der Waals surface area contributed by atoms with Gasteiger partial charge in [-0.15, -0.1) is 0 Å². The lowest BCUT2D eigenvalue weighted by Gasteiger charge is -2.33. The van der Waals surface area contributed by atoms with E-state index >= 15 is 0 Å². The molecule has 0 aliphatic heterocycles. The fourth-order valence-corrected chi connectivity index (χ4v) is 4.61. The average molecular weight is 276 g/mol. The van der Waals surface area contributed by atoms with E-state index in [1.807, 2.05) is 11.8 Å². The Kier molecular flexibility index (Phi) is 4.15. The summed E-state index contributed by atoms with van der Waals surface area (Å²) >= 11 is 2.03. The summed E-state index contributed by atoms with van der Waals surface area (Å²) < 4.78 is 0. The first kappa shape index (κ1) is 13.5. The van der Waals surface area contributed by atoms with Crippen LogP contribution in [0.15, 0.2) is 24.3 Å². The van der Waals surface area contributed by atoms with Crippen molar-refractivity contribution in [2.75, 3.05) is 6.26 Å². The first-order chi connectivity index (χ1) is 9.29. The molecule has 19 heavy (non-hydrogen) atoms. The van der Waals surface area contributed by atoms with Crippen LogP contribution in [-0.2, 0) is 0 Å². The molecule has 1 saturated carbocycles. The molecule has 0 radical (unpaired) electrons. The molecule has 1 aromatic carbocycles. The zero-order valence-corrected chi connectivity index (χ0v) is 12.5. The molecule has 1 fully saturated rings. The Morgan fingerprint density at radius 2 is 1.89 bits per heavy atom. The molecule has 0 heterocycles. The molecule has 0 amide bonds. The van der Waals surface area contributed by atoms with Gasteiger partial charge in [0.15, 0.2) is 0 Å². The summed E-state index contributed by atoms with van der Waals surface area (Å²) in [6.07, 6.45) is 8.74. The number of hydrogen-bond acceptors (Lipinski definition) is 3. The molecule has 4 atom stereocenters. The average Bonchev–Trinajstić information content (AvgIpc) is 2.77. The molecule has 3 rings (SSSR count). The predicted molar refractivity (Wildman–Crippen MR) is 83.4 cm³/mol. The third-order valence-electron chi connectivity index (χ3n) is 4.68. The van der Waals surface area contributed by atoms with Crippen LogP contribution in [0.4, 0.5) is 0 Å². The van der Waals surface area contributed by atoms with Crippen molar-refractivity contribution in [1.82, 2.24) is 5.32 Å². The first-order valence-corrected chi connectivity index (χ1v) is 8.71. The van der Waals surface area contributed by atoms with Crippen LogP contribution in [0.1, 0.15) is 55.3 Å². The van der Waals surface area contributed by atoms with Crippen molar-refractivity contribution >= 4 is 11.8 Å². The lowest BCUT2D eigenvalue weighted by Crippen LogP contribution is -2.42. The second-order valence-corrected chi connectivity index (χ2v) is 6.93. The minimum Gasteiger partial charge on any atom is -0.324 e. The summed E-state index contributed by atoms with van der Waals surface area (Å²) in [5.41, 5.74) is 9.04. The van der Waals surface area contributed by atoms with Crippen LogP contribution in [0.3, 0.4) is 0 Å². The van der Waals surface area contributed by atoms with Crippen molar-refractivity contribution < 1.29 is 0 Å². The minimum absolute atomic E-state index is 0.213. The van der Waals surface area contributed by atoms with Crippen LogP contribution in [0.5, 0.6) is 0 Å². The summed E-state index contributed by atoms with van der Waals surface area (Å²) in [7, 11) is 0. The largest absolute Gasteiger partial charge is 0.324 e. The van der Waals surface area contributed by atoms with E-state index in [0.29, 0.717) is 12.1 Å². The van der Waals surface area contributed by atoms with Crippen LogP contribution in [0.25, 0.3) is 0 Å². The topological polar surface area (TPSA) is 38.0 Å². The fraction of sp³-hybridized carbons (Fsp3) is 0.625. The summed E-state index contributed by atoms with van der Waals surface area (Å²) in [4.78, 5) is 0. The van der Waals surface area contributed by atoms with E-state index in [4.69, 9.17) is 5.73 Å². The van der Waals surface area contributed by atoms with E-state index in [1.165, 1.54) is 36.8 Å². The number of benzene rings is 1. The molecule has 3 N–H and O–H groups in total. The van der Waals surface area contributed by atoms with Gasteiger partial charge in [-0.2, -0.15) is 11.8 Å². The van der Waals surface area contributed by atoms with Gasteiger partial charge >= 0.3 is 0 Å². The third kappa shape index (κ3) is 2.69. The van der Waals surface area contributed by atoms with Crippen molar-refractivity contribution in [3.63, 3.8) is 0 Å². The maximum absolute atomic E-state index is 6.26. The van der Waals surface area contributed by atoms with Crippen LogP contribution in [0.2, 0.25) is 0 Å². The smallest absolute Gasteiger partial charge is 0.0344 e. The molecular formula is C16H24N2S. The molecule has 0 spiro atoms. The number of nitrogens with one attached hydrogen (secondary N) is 1. The summed E-state index contributed by atoms with van der Waals surface area (Å²) in [5.74, 6) is 0. The molecule has 2 nitrogen and oxygen atoms in total. The Balaban J connectivity index is 1.74. The van der Waals surface area contributed by atoms with Gasteiger partial charge in [0.2, 0.25) is 0 Å². The number of rotatable bonds is 3. The summed E-state index contributed by atoms with van der Waals surface area (Å²) in [6.45, 7) is 0. The Labute approximate surface area is 120 Å². The van der Waals surface area contributed by atoms with Gasteiger partial charge in [-0.05, 0) is 36.6 Å².